The summed E-state index contributed by atoms with van der Waals surface area (Å²) < 4.78 is 13.5. The number of nitrogens with zero attached hydrogens (tertiary/aromatic N) is 5. The molecule has 42 heavy (non-hydrogen) atoms. The molecule has 1 N–H and O–H groups in total. The highest BCUT2D eigenvalue weighted by Crippen LogP contribution is 2.59. The summed E-state index contributed by atoms with van der Waals surface area (Å²) in [6, 6.07) is 15.2. The number of hydrogen-bond acceptors (Lipinski definition) is 8. The van der Waals surface area contributed by atoms with Crippen molar-refractivity contribution in [3.8, 4) is 0 Å². The molecule has 3 saturated heterocycles. The van der Waals surface area contributed by atoms with E-state index in [0.717, 1.165) is 11.1 Å². The summed E-state index contributed by atoms with van der Waals surface area (Å²) in [4.78, 5) is 45.3. The molecule has 11 heteroatoms. The Bertz CT molecular complexity index is 1490. The highest BCUT2D eigenvalue weighted by atomic mass is 16.6. The van der Waals surface area contributed by atoms with E-state index in [4.69, 9.17) is 9.47 Å². The lowest BCUT2D eigenvalue weighted by atomic mass is 9.70. The molecule has 2 bridgehead atoms. The number of hydrogen-bond donors (Lipinski definition) is 1. The zero-order chi connectivity index (χ0) is 29.4. The number of aromatic nitrogens is 3. The highest BCUT2D eigenvalue weighted by Gasteiger charge is 2.75. The lowest BCUT2D eigenvalue weighted by Gasteiger charge is -2.39. The molecule has 220 valence electrons. The van der Waals surface area contributed by atoms with Crippen LogP contribution in [0.15, 0.2) is 67.3 Å². The second-order valence-corrected chi connectivity index (χ2v) is 11.1. The molecule has 3 fully saturated rings. The molecule has 0 saturated carbocycles. The van der Waals surface area contributed by atoms with Gasteiger partial charge in [0, 0.05) is 6.54 Å². The van der Waals surface area contributed by atoms with Crippen molar-refractivity contribution in [3.63, 3.8) is 0 Å². The van der Waals surface area contributed by atoms with Crippen molar-refractivity contribution in [1.82, 2.24) is 24.8 Å². The average Bonchev–Trinajstić information content (AvgIpc) is 3.75. The Morgan fingerprint density at radius 1 is 1.24 bits per heavy atom. The van der Waals surface area contributed by atoms with Gasteiger partial charge in [0.1, 0.15) is 23.8 Å². The quantitative estimate of drug-likeness (QED) is 0.273. The average molecular weight is 574 g/mol. The fourth-order valence-electron chi connectivity index (χ4n) is 7.14. The first-order valence-electron chi connectivity index (χ1n) is 14.4. The Morgan fingerprint density at radius 2 is 2.00 bits per heavy atom. The normalized spacial score (nSPS) is 26.8. The summed E-state index contributed by atoms with van der Waals surface area (Å²) in [6.07, 6.45) is 2.41. The predicted octanol–water partition coefficient (Wildman–Crippen LogP) is 1.94. The van der Waals surface area contributed by atoms with E-state index >= 15 is 0 Å². The fourth-order valence-corrected chi connectivity index (χ4v) is 7.14. The predicted molar refractivity (Wildman–Crippen MR) is 152 cm³/mol. The molecule has 2 aromatic carbocycles. The first-order chi connectivity index (χ1) is 20.4. The van der Waals surface area contributed by atoms with Crippen LogP contribution in [0.2, 0.25) is 0 Å². The summed E-state index contributed by atoms with van der Waals surface area (Å²) in [5.74, 6) is -2.91. The Hall–Kier alpha value is -4.09. The summed E-state index contributed by atoms with van der Waals surface area (Å²) in [6.45, 7) is 5.64. The van der Waals surface area contributed by atoms with Crippen molar-refractivity contribution < 1.29 is 29.0 Å². The van der Waals surface area contributed by atoms with Crippen molar-refractivity contribution >= 4 is 28.8 Å². The second kappa shape index (κ2) is 11.3. The summed E-state index contributed by atoms with van der Waals surface area (Å²) in [7, 11) is 0. The number of para-hydroxylation sites is 1. The summed E-state index contributed by atoms with van der Waals surface area (Å²) >= 11 is 0. The van der Waals surface area contributed by atoms with Crippen molar-refractivity contribution in [1.29, 1.82) is 0 Å². The zero-order valence-electron chi connectivity index (χ0n) is 23.5. The molecule has 2 amide bonds. The van der Waals surface area contributed by atoms with Gasteiger partial charge in [0.05, 0.1) is 42.7 Å². The smallest absolute Gasteiger partial charge is 0.312 e. The lowest BCUT2D eigenvalue weighted by molar-refractivity contribution is -0.156. The van der Waals surface area contributed by atoms with Crippen LogP contribution < -0.4 is 0 Å². The van der Waals surface area contributed by atoms with Gasteiger partial charge >= 0.3 is 5.97 Å². The largest absolute Gasteiger partial charge is 0.466 e. The molecule has 1 aromatic heterocycles. The Kier molecular flexibility index (Phi) is 7.54. The monoisotopic (exact) mass is 573 g/mol. The van der Waals surface area contributed by atoms with Gasteiger partial charge in [-0.3, -0.25) is 14.4 Å². The van der Waals surface area contributed by atoms with E-state index in [0.29, 0.717) is 24.8 Å². The minimum absolute atomic E-state index is 0.0673. The van der Waals surface area contributed by atoms with Crippen LogP contribution in [0.3, 0.4) is 0 Å². The number of rotatable bonds is 11. The Morgan fingerprint density at radius 3 is 2.74 bits per heavy atom. The molecule has 6 rings (SSSR count). The Balaban J connectivity index is 1.41. The number of likely N-dealkylation sites (tertiary alicyclic amines) is 1. The van der Waals surface area contributed by atoms with Gasteiger partial charge in [0.25, 0.3) is 0 Å². The van der Waals surface area contributed by atoms with Crippen LogP contribution >= 0.6 is 0 Å². The van der Waals surface area contributed by atoms with Gasteiger partial charge in [0.2, 0.25) is 11.8 Å². The molecule has 3 aliphatic heterocycles. The molecule has 1 spiro atoms. The molecular formula is C31H35N5O6. The van der Waals surface area contributed by atoms with Gasteiger partial charge in [-0.1, -0.05) is 53.8 Å². The third-order valence-corrected chi connectivity index (χ3v) is 8.84. The molecule has 4 heterocycles. The van der Waals surface area contributed by atoms with Crippen molar-refractivity contribution in [2.75, 3.05) is 19.8 Å². The number of carbonyl (C=O) groups excluding carboxylic acids is 3. The zero-order valence-corrected chi connectivity index (χ0v) is 23.5. The second-order valence-electron chi connectivity index (χ2n) is 11.1. The molecule has 3 aliphatic rings. The van der Waals surface area contributed by atoms with Gasteiger partial charge in [-0.2, -0.15) is 0 Å². The number of aliphatic hydroxyl groups is 1. The fraction of sp³-hybridized carbons (Fsp3) is 0.452. The Labute approximate surface area is 243 Å². The maximum absolute atomic E-state index is 14.7. The molecule has 0 unspecified atom stereocenters. The van der Waals surface area contributed by atoms with Crippen LogP contribution in [-0.4, -0.2) is 91.2 Å². The summed E-state index contributed by atoms with van der Waals surface area (Å²) in [5, 5.41) is 19.1. The van der Waals surface area contributed by atoms with Crippen LogP contribution in [0.25, 0.3) is 11.0 Å². The van der Waals surface area contributed by atoms with E-state index in [-0.39, 0.29) is 38.2 Å². The van der Waals surface area contributed by atoms with Crippen LogP contribution in [-0.2, 0) is 36.9 Å². The summed E-state index contributed by atoms with van der Waals surface area (Å²) in [5.41, 5.74) is 1.14. The van der Waals surface area contributed by atoms with E-state index in [2.05, 4.69) is 16.9 Å². The molecular weight excluding hydrogens is 538 g/mol. The molecule has 0 radical (unpaired) electrons. The van der Waals surface area contributed by atoms with E-state index < -0.39 is 41.6 Å². The minimum Gasteiger partial charge on any atom is -0.466 e. The van der Waals surface area contributed by atoms with Crippen molar-refractivity contribution in [2.24, 2.45) is 11.8 Å². The van der Waals surface area contributed by atoms with Gasteiger partial charge < -0.3 is 24.4 Å². The number of esters is 1. The van der Waals surface area contributed by atoms with Crippen molar-refractivity contribution in [2.45, 2.75) is 56.6 Å². The maximum atomic E-state index is 14.7. The molecule has 0 aliphatic carbocycles. The number of amides is 2. The molecule has 3 aromatic rings. The third kappa shape index (κ3) is 4.47. The standard InChI is InChI=1S/C31H35N5O6/c1-3-16-34(19-35-23-13-9-8-12-22(23)32-33-35)29(39)27-31-15-14-24(42-31)25(30(40)41-4-2)26(31)28(38)36(27)21(18-37)17-20-10-6-5-7-11-20/h3,5-13,21,24-27,37H,1,4,14-19H2,2H3/t21-,24-,25+,26+,27-,31+/m1/s1. The van der Waals surface area contributed by atoms with Crippen molar-refractivity contribution in [3.05, 3.63) is 72.8 Å². The van der Waals surface area contributed by atoms with Gasteiger partial charge in [-0.05, 0) is 43.9 Å². The van der Waals surface area contributed by atoms with E-state index in [1.165, 1.54) is 4.90 Å². The topological polar surface area (TPSA) is 127 Å². The van der Waals surface area contributed by atoms with Crippen LogP contribution in [0.1, 0.15) is 25.3 Å². The van der Waals surface area contributed by atoms with Gasteiger partial charge in [-0.15, -0.1) is 11.7 Å². The highest BCUT2D eigenvalue weighted by molar-refractivity contribution is 5.98. The number of benzene rings is 2. The number of ether oxygens (including phenoxy) is 2. The van der Waals surface area contributed by atoms with Crippen LogP contribution in [0.4, 0.5) is 0 Å². The lowest BCUT2D eigenvalue weighted by Crippen LogP contribution is -2.59. The first kappa shape index (κ1) is 28.0. The van der Waals surface area contributed by atoms with Gasteiger partial charge in [0.15, 0.2) is 0 Å². The van der Waals surface area contributed by atoms with Crippen LogP contribution in [0.5, 0.6) is 0 Å². The maximum Gasteiger partial charge on any atom is 0.312 e. The number of carbonyl (C=O) groups is 3. The van der Waals surface area contributed by atoms with Gasteiger partial charge in [-0.25, -0.2) is 4.68 Å². The first-order valence-corrected chi connectivity index (χ1v) is 14.4. The minimum atomic E-state index is -1.22. The van der Waals surface area contributed by atoms with E-state index in [1.807, 2.05) is 54.6 Å². The van der Waals surface area contributed by atoms with Crippen LogP contribution in [0, 0.1) is 11.8 Å². The number of fused-ring (bicyclic) bond motifs is 2. The third-order valence-electron chi connectivity index (χ3n) is 8.84. The molecule has 11 nitrogen and oxygen atoms in total. The SMILES string of the molecule is C=CCN(Cn1nnc2ccccc21)C(=O)[C@H]1N([C@@H](CO)Cc2ccccc2)C(=O)[C@@H]2[C@@H](C(=O)OCC)[C@H]3CC[C@]21O3. The van der Waals surface area contributed by atoms with E-state index in [9.17, 15) is 19.5 Å². The molecule has 6 atom stereocenters. The number of aliphatic hydroxyl groups excluding tert-OH is 1. The van der Waals surface area contributed by atoms with E-state index in [1.54, 1.807) is 22.6 Å².